The molecule has 1 unspecified atom stereocenters. The van der Waals surface area contributed by atoms with Crippen molar-refractivity contribution in [2.75, 3.05) is 32.7 Å². The van der Waals surface area contributed by atoms with Crippen molar-refractivity contribution in [3.63, 3.8) is 0 Å². The van der Waals surface area contributed by atoms with E-state index >= 15 is 0 Å². The van der Waals surface area contributed by atoms with E-state index in [4.69, 9.17) is 0 Å². The van der Waals surface area contributed by atoms with Gasteiger partial charge < -0.3 is 10.6 Å². The molecular weight excluding hydrogens is 365 g/mol. The van der Waals surface area contributed by atoms with Gasteiger partial charge >= 0.3 is 0 Å². The molecule has 1 amide bonds. The molecule has 2 heterocycles. The van der Waals surface area contributed by atoms with Gasteiger partial charge in [-0.15, -0.1) is 36.2 Å². The number of thiophene rings is 1. The molecule has 1 aromatic carbocycles. The van der Waals surface area contributed by atoms with Crippen molar-refractivity contribution in [3.05, 3.63) is 58.3 Å². The third-order valence-corrected chi connectivity index (χ3v) is 4.78. The summed E-state index contributed by atoms with van der Waals surface area (Å²) >= 11 is 1.68. The number of rotatable bonds is 5. The first-order valence-corrected chi connectivity index (χ1v) is 8.51. The maximum atomic E-state index is 12.4. The number of nitrogens with one attached hydrogen (secondary N) is 2. The summed E-state index contributed by atoms with van der Waals surface area (Å²) in [7, 11) is 0. The minimum absolute atomic E-state index is 0. The molecule has 1 atom stereocenters. The van der Waals surface area contributed by atoms with Gasteiger partial charge in [0.25, 0.3) is 0 Å². The topological polar surface area (TPSA) is 44.4 Å². The normalized spacial score (nSPS) is 15.7. The van der Waals surface area contributed by atoms with E-state index < -0.39 is 0 Å². The summed E-state index contributed by atoms with van der Waals surface area (Å²) in [6.07, 6.45) is 0. The van der Waals surface area contributed by atoms with E-state index in [0.717, 1.165) is 31.7 Å². The van der Waals surface area contributed by atoms with E-state index in [1.807, 2.05) is 29.6 Å². The number of carbonyl (C=O) groups excluding carboxylic acids is 1. The number of hydrogen-bond acceptors (Lipinski definition) is 4. The van der Waals surface area contributed by atoms with Gasteiger partial charge in [0.2, 0.25) is 5.91 Å². The Bertz CT molecular complexity index is 589. The van der Waals surface area contributed by atoms with Crippen LogP contribution in [0.25, 0.3) is 0 Å². The van der Waals surface area contributed by atoms with Gasteiger partial charge in [-0.25, -0.2) is 0 Å². The summed E-state index contributed by atoms with van der Waals surface area (Å²) < 4.78 is 0. The smallest absolute Gasteiger partial charge is 0.234 e. The number of halogens is 2. The zero-order valence-corrected chi connectivity index (χ0v) is 15.8. The summed E-state index contributed by atoms with van der Waals surface area (Å²) in [6, 6.07) is 14.2. The van der Waals surface area contributed by atoms with E-state index in [9.17, 15) is 4.79 Å². The second-order valence-electron chi connectivity index (χ2n) is 5.45. The third-order valence-electron chi connectivity index (χ3n) is 3.84. The number of carbonyl (C=O) groups is 1. The molecule has 2 aromatic rings. The molecule has 1 saturated heterocycles. The fourth-order valence-electron chi connectivity index (χ4n) is 2.70. The average Bonchev–Trinajstić information content (AvgIpc) is 3.08. The molecule has 1 aromatic heterocycles. The highest BCUT2D eigenvalue weighted by Gasteiger charge is 2.20. The van der Waals surface area contributed by atoms with Crippen LogP contribution in [-0.4, -0.2) is 43.5 Å². The Balaban J connectivity index is 0.00000144. The Morgan fingerprint density at radius 3 is 2.46 bits per heavy atom. The summed E-state index contributed by atoms with van der Waals surface area (Å²) in [5.41, 5.74) is 1.12. The van der Waals surface area contributed by atoms with Gasteiger partial charge in [-0.2, -0.15) is 0 Å². The molecule has 7 heteroatoms. The molecule has 1 aliphatic heterocycles. The Morgan fingerprint density at radius 1 is 1.12 bits per heavy atom. The van der Waals surface area contributed by atoms with E-state index in [0.29, 0.717) is 6.54 Å². The van der Waals surface area contributed by atoms with Crippen LogP contribution in [-0.2, 0) is 4.79 Å². The molecule has 0 aliphatic carbocycles. The van der Waals surface area contributed by atoms with E-state index in [-0.39, 0.29) is 36.8 Å². The molecule has 0 saturated carbocycles. The maximum Gasteiger partial charge on any atom is 0.234 e. The van der Waals surface area contributed by atoms with Crippen molar-refractivity contribution in [1.29, 1.82) is 0 Å². The fraction of sp³-hybridized carbons (Fsp3) is 0.353. The molecule has 1 aliphatic rings. The second-order valence-corrected chi connectivity index (χ2v) is 6.43. The largest absolute Gasteiger partial charge is 0.343 e. The molecule has 3 rings (SSSR count). The highest BCUT2D eigenvalue weighted by atomic mass is 35.5. The predicted molar refractivity (Wildman–Crippen MR) is 105 cm³/mol. The molecule has 0 radical (unpaired) electrons. The lowest BCUT2D eigenvalue weighted by Crippen LogP contribution is -2.48. The summed E-state index contributed by atoms with van der Waals surface area (Å²) in [5, 5.41) is 8.55. The zero-order valence-electron chi connectivity index (χ0n) is 13.3. The highest BCUT2D eigenvalue weighted by Crippen LogP contribution is 2.25. The van der Waals surface area contributed by atoms with Crippen LogP contribution in [0.5, 0.6) is 0 Å². The third kappa shape index (κ3) is 5.76. The molecule has 1 fully saturated rings. The Hall–Kier alpha value is -1.11. The molecule has 0 bridgehead atoms. The Labute approximate surface area is 159 Å². The molecule has 132 valence electrons. The number of amides is 1. The lowest BCUT2D eigenvalue weighted by atomic mass is 10.1. The molecule has 24 heavy (non-hydrogen) atoms. The molecule has 2 N–H and O–H groups in total. The lowest BCUT2D eigenvalue weighted by molar-refractivity contribution is -0.122. The van der Waals surface area contributed by atoms with Gasteiger partial charge in [-0.1, -0.05) is 36.4 Å². The highest BCUT2D eigenvalue weighted by molar-refractivity contribution is 7.10. The minimum atomic E-state index is -0.0587. The second kappa shape index (κ2) is 10.7. The number of benzene rings is 1. The Morgan fingerprint density at radius 2 is 1.83 bits per heavy atom. The maximum absolute atomic E-state index is 12.4. The number of nitrogens with zero attached hydrogens (tertiary/aromatic N) is 1. The van der Waals surface area contributed by atoms with Gasteiger partial charge in [-0.05, 0) is 17.0 Å². The average molecular weight is 388 g/mol. The molecular formula is C17H23Cl2N3OS. The van der Waals surface area contributed by atoms with Crippen molar-refractivity contribution < 1.29 is 4.79 Å². The minimum Gasteiger partial charge on any atom is -0.343 e. The van der Waals surface area contributed by atoms with E-state index in [2.05, 4.69) is 33.7 Å². The van der Waals surface area contributed by atoms with Crippen LogP contribution in [0.2, 0.25) is 0 Å². The SMILES string of the molecule is Cl.Cl.O=C(CN1CCNCC1)NC(c1ccccc1)c1cccs1. The van der Waals surface area contributed by atoms with Crippen molar-refractivity contribution in [1.82, 2.24) is 15.5 Å². The van der Waals surface area contributed by atoms with Crippen LogP contribution < -0.4 is 10.6 Å². The van der Waals surface area contributed by atoms with E-state index in [1.165, 1.54) is 4.88 Å². The standard InChI is InChI=1S/C17H21N3OS.2ClH/c21-16(13-20-10-8-18-9-11-20)19-17(15-7-4-12-22-15)14-5-2-1-3-6-14;;/h1-7,12,17-18H,8-11,13H2,(H,19,21);2*1H. The van der Waals surface area contributed by atoms with Gasteiger partial charge in [-0.3, -0.25) is 9.69 Å². The first-order chi connectivity index (χ1) is 10.8. The van der Waals surface area contributed by atoms with Gasteiger partial charge in [0, 0.05) is 31.1 Å². The number of piperazine rings is 1. The first-order valence-electron chi connectivity index (χ1n) is 7.64. The van der Waals surface area contributed by atoms with Crippen molar-refractivity contribution in [2.24, 2.45) is 0 Å². The summed E-state index contributed by atoms with van der Waals surface area (Å²) in [4.78, 5) is 15.8. The summed E-state index contributed by atoms with van der Waals surface area (Å²) in [6.45, 7) is 4.25. The van der Waals surface area contributed by atoms with Gasteiger partial charge in [0.1, 0.15) is 0 Å². The van der Waals surface area contributed by atoms with Gasteiger partial charge in [0.05, 0.1) is 12.6 Å². The summed E-state index contributed by atoms with van der Waals surface area (Å²) in [5.74, 6) is 0.0872. The fourth-order valence-corrected chi connectivity index (χ4v) is 3.50. The van der Waals surface area contributed by atoms with Crippen LogP contribution in [0.1, 0.15) is 16.5 Å². The van der Waals surface area contributed by atoms with E-state index in [1.54, 1.807) is 11.3 Å². The van der Waals surface area contributed by atoms with Gasteiger partial charge in [0.15, 0.2) is 0 Å². The van der Waals surface area contributed by atoms with Crippen LogP contribution in [0.15, 0.2) is 47.8 Å². The van der Waals surface area contributed by atoms with Crippen LogP contribution in [0.3, 0.4) is 0 Å². The molecule has 4 nitrogen and oxygen atoms in total. The predicted octanol–water partition coefficient (Wildman–Crippen LogP) is 2.70. The monoisotopic (exact) mass is 387 g/mol. The van der Waals surface area contributed by atoms with Crippen LogP contribution in [0.4, 0.5) is 0 Å². The van der Waals surface area contributed by atoms with Crippen molar-refractivity contribution >= 4 is 42.1 Å². The molecule has 0 spiro atoms. The Kier molecular flexibility index (Phi) is 9.33. The van der Waals surface area contributed by atoms with Crippen molar-refractivity contribution in [3.8, 4) is 0 Å². The van der Waals surface area contributed by atoms with Crippen LogP contribution >= 0.6 is 36.2 Å². The van der Waals surface area contributed by atoms with Crippen LogP contribution in [0, 0.1) is 0 Å². The quantitative estimate of drug-likeness (QED) is 0.828. The zero-order chi connectivity index (χ0) is 15.2. The van der Waals surface area contributed by atoms with Crippen molar-refractivity contribution in [2.45, 2.75) is 6.04 Å². The number of hydrogen-bond donors (Lipinski definition) is 2. The first kappa shape index (κ1) is 20.9. The lowest BCUT2D eigenvalue weighted by Gasteiger charge is -2.27.